The third-order valence-corrected chi connectivity index (χ3v) is 5.89. The standard InChI is InChI=1S/C24H28N4O5/c1-13(2)25-24(31)27-19-9-10-28-21(19)22(29)26-18-8-5-14(11-17(18)23(28)30)16-7-6-15(32-3)12-20(16)33-4/h5-8,11-13,19,21H,9-10H2,1-4H3,(H,26,29)(H2,25,27,31)/t19-,21+/m1/s1. The van der Waals surface area contributed by atoms with Crippen LogP contribution in [0.2, 0.25) is 0 Å². The van der Waals surface area contributed by atoms with Crippen LogP contribution in [0.5, 0.6) is 11.5 Å². The molecule has 0 bridgehead atoms. The lowest BCUT2D eigenvalue weighted by atomic mass is 10.00. The number of benzene rings is 2. The van der Waals surface area contributed by atoms with Crippen LogP contribution in [-0.2, 0) is 4.79 Å². The smallest absolute Gasteiger partial charge is 0.315 e. The van der Waals surface area contributed by atoms with Crippen molar-refractivity contribution in [2.45, 2.75) is 38.4 Å². The van der Waals surface area contributed by atoms with Gasteiger partial charge in [-0.3, -0.25) is 9.59 Å². The van der Waals surface area contributed by atoms with Crippen LogP contribution in [-0.4, -0.2) is 61.6 Å². The summed E-state index contributed by atoms with van der Waals surface area (Å²) >= 11 is 0. The number of hydrogen-bond acceptors (Lipinski definition) is 5. The van der Waals surface area contributed by atoms with Crippen LogP contribution in [0, 0.1) is 0 Å². The molecule has 2 atom stereocenters. The summed E-state index contributed by atoms with van der Waals surface area (Å²) in [6, 6.07) is 9.14. The number of rotatable bonds is 5. The van der Waals surface area contributed by atoms with E-state index in [4.69, 9.17) is 9.47 Å². The fraction of sp³-hybridized carbons (Fsp3) is 0.375. The molecule has 0 saturated carbocycles. The van der Waals surface area contributed by atoms with Gasteiger partial charge in [-0.15, -0.1) is 0 Å². The molecule has 0 spiro atoms. The molecule has 0 radical (unpaired) electrons. The van der Waals surface area contributed by atoms with Gasteiger partial charge in [0.15, 0.2) is 0 Å². The summed E-state index contributed by atoms with van der Waals surface area (Å²) in [5.74, 6) is 0.702. The number of nitrogens with zero attached hydrogens (tertiary/aromatic N) is 1. The summed E-state index contributed by atoms with van der Waals surface area (Å²) in [6.07, 6.45) is 0.497. The first kappa shape index (κ1) is 22.4. The van der Waals surface area contributed by atoms with Gasteiger partial charge in [-0.2, -0.15) is 0 Å². The number of amides is 4. The molecule has 2 aliphatic heterocycles. The highest BCUT2D eigenvalue weighted by Crippen LogP contribution is 2.37. The molecule has 2 aromatic rings. The van der Waals surface area contributed by atoms with Gasteiger partial charge in [-0.05, 0) is 50.1 Å². The average Bonchev–Trinajstić information content (AvgIpc) is 3.17. The molecule has 9 heteroatoms. The Morgan fingerprint density at radius 3 is 2.58 bits per heavy atom. The normalized spacial score (nSPS) is 19.4. The van der Waals surface area contributed by atoms with Crippen molar-refractivity contribution in [1.29, 1.82) is 0 Å². The van der Waals surface area contributed by atoms with E-state index in [0.29, 0.717) is 35.7 Å². The molecular formula is C24H28N4O5. The molecule has 4 amide bonds. The third-order valence-electron chi connectivity index (χ3n) is 5.89. The Hall–Kier alpha value is -3.75. The summed E-state index contributed by atoms with van der Waals surface area (Å²) in [4.78, 5) is 40.2. The molecule has 2 aliphatic rings. The van der Waals surface area contributed by atoms with Gasteiger partial charge in [0.1, 0.15) is 17.5 Å². The lowest BCUT2D eigenvalue weighted by molar-refractivity contribution is -0.120. The predicted molar refractivity (Wildman–Crippen MR) is 124 cm³/mol. The van der Waals surface area contributed by atoms with Crippen molar-refractivity contribution in [2.24, 2.45) is 0 Å². The Bertz CT molecular complexity index is 1100. The zero-order valence-corrected chi connectivity index (χ0v) is 19.1. The van der Waals surface area contributed by atoms with Crippen molar-refractivity contribution in [2.75, 3.05) is 26.1 Å². The number of urea groups is 1. The summed E-state index contributed by atoms with van der Waals surface area (Å²) in [7, 11) is 3.16. The lowest BCUT2D eigenvalue weighted by Gasteiger charge is -2.25. The minimum atomic E-state index is -0.776. The highest BCUT2D eigenvalue weighted by atomic mass is 16.5. The minimum absolute atomic E-state index is 0.0373. The summed E-state index contributed by atoms with van der Waals surface area (Å²) in [6.45, 7) is 4.09. The zero-order chi connectivity index (χ0) is 23.7. The number of fused-ring (bicyclic) bond motifs is 2. The number of nitrogens with one attached hydrogen (secondary N) is 3. The van der Waals surface area contributed by atoms with Crippen LogP contribution in [0.4, 0.5) is 10.5 Å². The third kappa shape index (κ3) is 4.30. The number of carbonyl (C=O) groups is 3. The van der Waals surface area contributed by atoms with E-state index in [1.165, 1.54) is 4.90 Å². The van der Waals surface area contributed by atoms with E-state index in [1.807, 2.05) is 32.0 Å². The van der Waals surface area contributed by atoms with Gasteiger partial charge in [-0.25, -0.2) is 4.79 Å². The first-order valence-electron chi connectivity index (χ1n) is 10.9. The van der Waals surface area contributed by atoms with Crippen LogP contribution < -0.4 is 25.4 Å². The monoisotopic (exact) mass is 452 g/mol. The van der Waals surface area contributed by atoms with Crippen molar-refractivity contribution < 1.29 is 23.9 Å². The molecule has 0 aliphatic carbocycles. The van der Waals surface area contributed by atoms with Crippen molar-refractivity contribution in [1.82, 2.24) is 15.5 Å². The summed E-state index contributed by atoms with van der Waals surface area (Å²) in [5.41, 5.74) is 2.42. The first-order chi connectivity index (χ1) is 15.8. The number of carbonyl (C=O) groups excluding carboxylic acids is 3. The van der Waals surface area contributed by atoms with E-state index in [1.54, 1.807) is 32.4 Å². The molecule has 1 saturated heterocycles. The van der Waals surface area contributed by atoms with E-state index >= 15 is 0 Å². The Kier molecular flexibility index (Phi) is 6.13. The van der Waals surface area contributed by atoms with Gasteiger partial charge >= 0.3 is 6.03 Å². The second-order valence-electron chi connectivity index (χ2n) is 8.43. The van der Waals surface area contributed by atoms with Crippen LogP contribution >= 0.6 is 0 Å². The fourth-order valence-corrected chi connectivity index (χ4v) is 4.36. The predicted octanol–water partition coefficient (Wildman–Crippen LogP) is 2.61. The van der Waals surface area contributed by atoms with E-state index in [0.717, 1.165) is 11.1 Å². The van der Waals surface area contributed by atoms with Crippen molar-refractivity contribution in [3.8, 4) is 22.6 Å². The van der Waals surface area contributed by atoms with E-state index in [2.05, 4.69) is 16.0 Å². The molecule has 2 heterocycles. The van der Waals surface area contributed by atoms with Gasteiger partial charge in [0.05, 0.1) is 31.5 Å². The quantitative estimate of drug-likeness (QED) is 0.646. The minimum Gasteiger partial charge on any atom is -0.497 e. The summed E-state index contributed by atoms with van der Waals surface area (Å²) < 4.78 is 10.8. The first-order valence-corrected chi connectivity index (χ1v) is 10.9. The van der Waals surface area contributed by atoms with Crippen LogP contribution in [0.25, 0.3) is 11.1 Å². The maximum Gasteiger partial charge on any atom is 0.315 e. The average molecular weight is 453 g/mol. The Morgan fingerprint density at radius 2 is 1.88 bits per heavy atom. The highest BCUT2D eigenvalue weighted by molar-refractivity contribution is 6.11. The Balaban J connectivity index is 1.65. The van der Waals surface area contributed by atoms with E-state index < -0.39 is 12.1 Å². The molecule has 0 aromatic heterocycles. The van der Waals surface area contributed by atoms with Crippen LogP contribution in [0.15, 0.2) is 36.4 Å². The Labute approximate surface area is 192 Å². The highest BCUT2D eigenvalue weighted by Gasteiger charge is 2.45. The van der Waals surface area contributed by atoms with Crippen molar-refractivity contribution in [3.63, 3.8) is 0 Å². The molecule has 1 fully saturated rings. The van der Waals surface area contributed by atoms with Gasteiger partial charge in [0, 0.05) is 24.2 Å². The molecule has 3 N–H and O–H groups in total. The van der Waals surface area contributed by atoms with E-state index in [9.17, 15) is 14.4 Å². The zero-order valence-electron chi connectivity index (χ0n) is 19.1. The van der Waals surface area contributed by atoms with Crippen molar-refractivity contribution >= 4 is 23.5 Å². The number of hydrogen-bond donors (Lipinski definition) is 3. The lowest BCUT2D eigenvalue weighted by Crippen LogP contribution is -2.54. The number of methoxy groups -OCH3 is 2. The summed E-state index contributed by atoms with van der Waals surface area (Å²) in [5, 5.41) is 8.48. The molecule has 9 nitrogen and oxygen atoms in total. The molecule has 174 valence electrons. The van der Waals surface area contributed by atoms with Crippen LogP contribution in [0.3, 0.4) is 0 Å². The van der Waals surface area contributed by atoms with Crippen LogP contribution in [0.1, 0.15) is 30.6 Å². The topological polar surface area (TPSA) is 109 Å². The molecular weight excluding hydrogens is 424 g/mol. The van der Waals surface area contributed by atoms with Gasteiger partial charge in [0.25, 0.3) is 5.91 Å². The molecule has 2 aromatic carbocycles. The molecule has 0 unspecified atom stereocenters. The molecule has 33 heavy (non-hydrogen) atoms. The van der Waals surface area contributed by atoms with E-state index in [-0.39, 0.29) is 23.9 Å². The molecule has 4 rings (SSSR count). The Morgan fingerprint density at radius 1 is 1.09 bits per heavy atom. The maximum absolute atomic E-state index is 13.5. The second-order valence-corrected chi connectivity index (χ2v) is 8.43. The van der Waals surface area contributed by atoms with Gasteiger partial charge in [-0.1, -0.05) is 6.07 Å². The van der Waals surface area contributed by atoms with Gasteiger partial charge < -0.3 is 30.3 Å². The maximum atomic E-state index is 13.5. The number of ether oxygens (including phenoxy) is 2. The SMILES string of the molecule is COc1ccc(-c2ccc3c(c2)C(=O)N2CC[C@@H](NC(=O)NC(C)C)[C@H]2C(=O)N3)c(OC)c1. The number of anilines is 1. The van der Waals surface area contributed by atoms with Gasteiger partial charge in [0.2, 0.25) is 5.91 Å². The van der Waals surface area contributed by atoms with Crippen molar-refractivity contribution in [3.05, 3.63) is 42.0 Å². The second kappa shape index (κ2) is 9.01. The largest absolute Gasteiger partial charge is 0.497 e. The fourth-order valence-electron chi connectivity index (χ4n) is 4.36.